The van der Waals surface area contributed by atoms with Crippen LogP contribution in [0, 0.1) is 6.92 Å². The zero-order valence-electron chi connectivity index (χ0n) is 8.02. The van der Waals surface area contributed by atoms with Crippen molar-refractivity contribution in [1.29, 1.82) is 0 Å². The van der Waals surface area contributed by atoms with Crippen molar-refractivity contribution < 1.29 is 14.3 Å². The van der Waals surface area contributed by atoms with E-state index in [0.717, 1.165) is 6.08 Å². The number of carbonyl (C=O) groups is 1. The molecule has 0 saturated carbocycles. The average Bonchev–Trinajstić information content (AvgIpc) is 2.44. The molecule has 0 fully saturated rings. The summed E-state index contributed by atoms with van der Waals surface area (Å²) in [6.07, 6.45) is 5.98. The fraction of sp³-hybridized carbons (Fsp3) is 0.200. The minimum absolute atomic E-state index is 0.517. The summed E-state index contributed by atoms with van der Waals surface area (Å²) in [5.41, 5.74) is 0.531. The molecule has 14 heavy (non-hydrogen) atoms. The van der Waals surface area contributed by atoms with Gasteiger partial charge in [0.1, 0.15) is 5.69 Å². The van der Waals surface area contributed by atoms with Gasteiger partial charge in [0.15, 0.2) is 11.7 Å². The van der Waals surface area contributed by atoms with Gasteiger partial charge < -0.3 is 9.52 Å². The SMILES string of the molecule is C/C=C\c1oc(C)nc1/C=C/C(=O)O. The molecule has 1 rings (SSSR count). The minimum Gasteiger partial charge on any atom is -0.478 e. The van der Waals surface area contributed by atoms with E-state index in [2.05, 4.69) is 4.98 Å². The number of aromatic nitrogens is 1. The maximum atomic E-state index is 10.3. The van der Waals surface area contributed by atoms with Gasteiger partial charge in [-0.3, -0.25) is 0 Å². The second-order valence-corrected chi connectivity index (χ2v) is 2.65. The van der Waals surface area contributed by atoms with E-state index in [0.29, 0.717) is 17.3 Å². The van der Waals surface area contributed by atoms with Gasteiger partial charge in [0.2, 0.25) is 0 Å². The van der Waals surface area contributed by atoms with Gasteiger partial charge in [-0.1, -0.05) is 6.08 Å². The molecule has 4 heteroatoms. The first-order chi connectivity index (χ1) is 6.63. The number of carboxylic acid groups (broad SMARTS) is 1. The standard InChI is InChI=1S/C10H11NO3/c1-3-4-9-8(5-6-10(12)13)11-7(2)14-9/h3-6H,1-2H3,(H,12,13)/b4-3-,6-5+. The van der Waals surface area contributed by atoms with Crippen LogP contribution in [0.3, 0.4) is 0 Å². The molecular weight excluding hydrogens is 182 g/mol. The van der Waals surface area contributed by atoms with E-state index in [1.165, 1.54) is 6.08 Å². The molecule has 0 spiro atoms. The van der Waals surface area contributed by atoms with E-state index in [9.17, 15) is 4.79 Å². The van der Waals surface area contributed by atoms with Gasteiger partial charge >= 0.3 is 5.97 Å². The Hall–Kier alpha value is -1.84. The van der Waals surface area contributed by atoms with Crippen LogP contribution in [-0.2, 0) is 4.79 Å². The maximum absolute atomic E-state index is 10.3. The van der Waals surface area contributed by atoms with E-state index >= 15 is 0 Å². The van der Waals surface area contributed by atoms with Crippen molar-refractivity contribution in [2.75, 3.05) is 0 Å². The number of aryl methyl sites for hydroxylation is 1. The number of hydrogen-bond donors (Lipinski definition) is 1. The van der Waals surface area contributed by atoms with Gasteiger partial charge in [0.05, 0.1) is 0 Å². The van der Waals surface area contributed by atoms with Crippen LogP contribution in [0.5, 0.6) is 0 Å². The van der Waals surface area contributed by atoms with E-state index in [-0.39, 0.29) is 0 Å². The van der Waals surface area contributed by atoms with Crippen LogP contribution in [0.2, 0.25) is 0 Å². The number of allylic oxidation sites excluding steroid dienone is 1. The Kier molecular flexibility index (Phi) is 3.23. The summed E-state index contributed by atoms with van der Waals surface area (Å²) in [4.78, 5) is 14.3. The lowest BCUT2D eigenvalue weighted by molar-refractivity contribution is -0.131. The molecule has 0 bridgehead atoms. The molecule has 1 aromatic heterocycles. The van der Waals surface area contributed by atoms with Crippen molar-refractivity contribution in [3.63, 3.8) is 0 Å². The van der Waals surface area contributed by atoms with E-state index in [1.54, 1.807) is 19.1 Å². The molecule has 0 unspecified atom stereocenters. The lowest BCUT2D eigenvalue weighted by Crippen LogP contribution is -1.86. The van der Waals surface area contributed by atoms with Crippen molar-refractivity contribution in [3.8, 4) is 0 Å². The van der Waals surface area contributed by atoms with Crippen LogP contribution in [0.25, 0.3) is 12.2 Å². The molecule has 0 saturated heterocycles. The Morgan fingerprint density at radius 3 is 2.79 bits per heavy atom. The lowest BCUT2D eigenvalue weighted by atomic mass is 10.3. The molecule has 0 aromatic carbocycles. The Morgan fingerprint density at radius 2 is 2.21 bits per heavy atom. The summed E-state index contributed by atoms with van der Waals surface area (Å²) in [5, 5.41) is 8.44. The van der Waals surface area contributed by atoms with Gasteiger partial charge in [-0.25, -0.2) is 9.78 Å². The molecule has 0 radical (unpaired) electrons. The zero-order chi connectivity index (χ0) is 10.6. The van der Waals surface area contributed by atoms with Crippen molar-refractivity contribution >= 4 is 18.1 Å². The molecule has 74 valence electrons. The highest BCUT2D eigenvalue weighted by molar-refractivity contribution is 5.85. The molecule has 4 nitrogen and oxygen atoms in total. The van der Waals surface area contributed by atoms with Gasteiger partial charge in [-0.15, -0.1) is 0 Å². The van der Waals surface area contributed by atoms with Crippen LogP contribution in [-0.4, -0.2) is 16.1 Å². The third-order valence-corrected chi connectivity index (χ3v) is 1.49. The van der Waals surface area contributed by atoms with Gasteiger partial charge in [-0.2, -0.15) is 0 Å². The molecule has 0 aliphatic carbocycles. The first kappa shape index (κ1) is 10.2. The number of rotatable bonds is 3. The van der Waals surface area contributed by atoms with Crippen molar-refractivity contribution in [3.05, 3.63) is 29.5 Å². The van der Waals surface area contributed by atoms with Crippen LogP contribution < -0.4 is 0 Å². The lowest BCUT2D eigenvalue weighted by Gasteiger charge is -1.85. The number of nitrogens with zero attached hydrogens (tertiary/aromatic N) is 1. The van der Waals surface area contributed by atoms with Crippen LogP contribution in [0.4, 0.5) is 0 Å². The van der Waals surface area contributed by atoms with Crippen molar-refractivity contribution in [2.24, 2.45) is 0 Å². The smallest absolute Gasteiger partial charge is 0.328 e. The normalized spacial score (nSPS) is 11.6. The fourth-order valence-electron chi connectivity index (χ4n) is 0.999. The molecule has 0 aliphatic heterocycles. The van der Waals surface area contributed by atoms with Gasteiger partial charge in [0.25, 0.3) is 0 Å². The highest BCUT2D eigenvalue weighted by Crippen LogP contribution is 2.13. The topological polar surface area (TPSA) is 63.3 Å². The monoisotopic (exact) mass is 193 g/mol. The highest BCUT2D eigenvalue weighted by Gasteiger charge is 2.04. The second-order valence-electron chi connectivity index (χ2n) is 2.65. The largest absolute Gasteiger partial charge is 0.478 e. The van der Waals surface area contributed by atoms with Crippen LogP contribution in [0.15, 0.2) is 16.6 Å². The number of oxazole rings is 1. The van der Waals surface area contributed by atoms with E-state index < -0.39 is 5.97 Å². The summed E-state index contributed by atoms with van der Waals surface area (Å²) in [7, 11) is 0. The highest BCUT2D eigenvalue weighted by atomic mass is 16.4. The predicted molar refractivity (Wildman–Crippen MR) is 52.6 cm³/mol. The molecule has 1 heterocycles. The number of aliphatic carboxylic acids is 1. The van der Waals surface area contributed by atoms with Gasteiger partial charge in [-0.05, 0) is 19.1 Å². The van der Waals surface area contributed by atoms with Crippen molar-refractivity contribution in [1.82, 2.24) is 4.98 Å². The summed E-state index contributed by atoms with van der Waals surface area (Å²) in [5.74, 6) is 0.0859. The fourth-order valence-corrected chi connectivity index (χ4v) is 0.999. The van der Waals surface area contributed by atoms with Crippen LogP contribution in [0.1, 0.15) is 24.3 Å². The maximum Gasteiger partial charge on any atom is 0.328 e. The first-order valence-corrected chi connectivity index (χ1v) is 4.14. The quantitative estimate of drug-likeness (QED) is 0.747. The Morgan fingerprint density at radius 1 is 1.50 bits per heavy atom. The third kappa shape index (κ3) is 2.58. The third-order valence-electron chi connectivity index (χ3n) is 1.49. The Balaban J connectivity index is 3.00. The predicted octanol–water partition coefficient (Wildman–Crippen LogP) is 2.11. The molecule has 0 atom stereocenters. The summed E-state index contributed by atoms with van der Waals surface area (Å²) in [6, 6.07) is 0. The van der Waals surface area contributed by atoms with Gasteiger partial charge in [0, 0.05) is 13.0 Å². The van der Waals surface area contributed by atoms with E-state index in [1.807, 2.05) is 6.92 Å². The molecule has 0 aliphatic rings. The van der Waals surface area contributed by atoms with Crippen LogP contribution >= 0.6 is 0 Å². The second kappa shape index (κ2) is 4.41. The first-order valence-electron chi connectivity index (χ1n) is 4.14. The number of carboxylic acids is 1. The average molecular weight is 193 g/mol. The molecular formula is C10H11NO3. The minimum atomic E-state index is -1.00. The summed E-state index contributed by atoms with van der Waals surface area (Å²) < 4.78 is 5.25. The van der Waals surface area contributed by atoms with Crippen molar-refractivity contribution in [2.45, 2.75) is 13.8 Å². The zero-order valence-corrected chi connectivity index (χ0v) is 8.02. The molecule has 0 amide bonds. The Bertz CT molecular complexity index is 388. The number of hydrogen-bond acceptors (Lipinski definition) is 3. The summed E-state index contributed by atoms with van der Waals surface area (Å²) >= 11 is 0. The van der Waals surface area contributed by atoms with E-state index in [4.69, 9.17) is 9.52 Å². The molecule has 1 aromatic rings. The molecule has 1 N–H and O–H groups in total. The summed E-state index contributed by atoms with van der Waals surface area (Å²) in [6.45, 7) is 3.56. The Labute approximate surface area is 81.6 Å².